The smallest absolute Gasteiger partial charge is 0.326 e. The van der Waals surface area contributed by atoms with E-state index in [1.165, 1.54) is 16.1 Å². The first-order chi connectivity index (χ1) is 19.7. The lowest BCUT2D eigenvalue weighted by atomic mass is 9.93. The number of hydrogen-bond donors (Lipinski definition) is 2. The zero-order valence-electron chi connectivity index (χ0n) is 23.4. The Kier molecular flexibility index (Phi) is 12.7. The fourth-order valence-electron chi connectivity index (χ4n) is 4.50. The predicted molar refractivity (Wildman–Crippen MR) is 168 cm³/mol. The number of thioether (sulfide) groups is 1. The quantitative estimate of drug-likeness (QED) is 0.203. The number of aryl methyl sites for hydroxylation is 1. The van der Waals surface area contributed by atoms with Crippen molar-refractivity contribution in [2.45, 2.75) is 38.8 Å². The Morgan fingerprint density at radius 3 is 2.37 bits per heavy atom. The van der Waals surface area contributed by atoms with Crippen molar-refractivity contribution in [2.24, 2.45) is 0 Å². The number of alkyl halides is 1. The fraction of sp³-hybridized carbons (Fsp3) is 0.355. The highest BCUT2D eigenvalue weighted by atomic mass is 35.5. The lowest BCUT2D eigenvalue weighted by Gasteiger charge is -2.23. The third-order valence-electron chi connectivity index (χ3n) is 6.76. The maximum Gasteiger partial charge on any atom is 0.326 e. The van der Waals surface area contributed by atoms with Gasteiger partial charge in [0.25, 0.3) is 5.91 Å². The van der Waals surface area contributed by atoms with E-state index in [-0.39, 0.29) is 18.2 Å². The number of carboxylic acids is 1. The molecular weight excluding hydrogens is 580 g/mol. The van der Waals surface area contributed by atoms with Crippen molar-refractivity contribution in [2.75, 3.05) is 30.2 Å². The van der Waals surface area contributed by atoms with E-state index < -0.39 is 27.9 Å². The number of sulfonamides is 1. The average Bonchev–Trinajstić information content (AvgIpc) is 2.96. The third kappa shape index (κ3) is 9.60. The maximum atomic E-state index is 13.4. The molecule has 0 aromatic heterocycles. The minimum atomic E-state index is -3.60. The van der Waals surface area contributed by atoms with Gasteiger partial charge in [0, 0.05) is 24.5 Å². The van der Waals surface area contributed by atoms with Crippen LogP contribution < -0.4 is 5.32 Å². The van der Waals surface area contributed by atoms with Gasteiger partial charge in [-0.25, -0.2) is 13.2 Å². The van der Waals surface area contributed by atoms with E-state index in [9.17, 15) is 23.1 Å². The number of hydrogen-bond acceptors (Lipinski definition) is 5. The summed E-state index contributed by atoms with van der Waals surface area (Å²) in [5, 5.41) is 12.3. The second-order valence-electron chi connectivity index (χ2n) is 9.77. The molecule has 41 heavy (non-hydrogen) atoms. The van der Waals surface area contributed by atoms with Crippen LogP contribution in [0.2, 0.25) is 0 Å². The number of carboxylic acid groups (broad SMARTS) is 1. The van der Waals surface area contributed by atoms with Crippen LogP contribution in [0.15, 0.2) is 72.8 Å². The molecule has 0 saturated heterocycles. The molecule has 0 spiro atoms. The Balaban J connectivity index is 1.98. The van der Waals surface area contributed by atoms with Crippen molar-refractivity contribution in [3.8, 4) is 11.1 Å². The molecule has 0 radical (unpaired) electrons. The minimum absolute atomic E-state index is 0.0525. The summed E-state index contributed by atoms with van der Waals surface area (Å²) < 4.78 is 28.1. The number of amides is 1. The fourth-order valence-corrected chi connectivity index (χ4v) is 6.75. The van der Waals surface area contributed by atoms with Gasteiger partial charge < -0.3 is 10.4 Å². The Morgan fingerprint density at radius 1 is 1.00 bits per heavy atom. The highest BCUT2D eigenvalue weighted by Gasteiger charge is 2.25. The Hall–Kier alpha value is -2.85. The van der Waals surface area contributed by atoms with E-state index in [1.807, 2.05) is 73.8 Å². The van der Waals surface area contributed by atoms with Crippen LogP contribution in [0.25, 0.3) is 11.1 Å². The summed E-state index contributed by atoms with van der Waals surface area (Å²) in [6.07, 6.45) is 3.09. The van der Waals surface area contributed by atoms with Crippen LogP contribution in [0.5, 0.6) is 0 Å². The largest absolute Gasteiger partial charge is 0.480 e. The van der Waals surface area contributed by atoms with Crippen molar-refractivity contribution in [3.63, 3.8) is 0 Å². The zero-order chi connectivity index (χ0) is 29.8. The van der Waals surface area contributed by atoms with Gasteiger partial charge in [-0.3, -0.25) is 4.79 Å². The molecule has 0 heterocycles. The highest BCUT2D eigenvalue weighted by molar-refractivity contribution is 7.98. The molecule has 1 unspecified atom stereocenters. The minimum Gasteiger partial charge on any atom is -0.480 e. The molecule has 10 heteroatoms. The lowest BCUT2D eigenvalue weighted by molar-refractivity contribution is -0.139. The first kappa shape index (κ1) is 32.7. The van der Waals surface area contributed by atoms with Crippen molar-refractivity contribution in [3.05, 3.63) is 95.1 Å². The number of carbonyl (C=O) groups excluding carboxylic acids is 1. The van der Waals surface area contributed by atoms with Gasteiger partial charge in [-0.2, -0.15) is 16.1 Å². The first-order valence-electron chi connectivity index (χ1n) is 13.5. The van der Waals surface area contributed by atoms with Crippen LogP contribution in [0, 0.1) is 6.92 Å². The predicted octanol–water partition coefficient (Wildman–Crippen LogP) is 5.60. The Labute approximate surface area is 252 Å². The molecule has 7 nitrogen and oxygen atoms in total. The van der Waals surface area contributed by atoms with E-state index in [2.05, 4.69) is 5.32 Å². The van der Waals surface area contributed by atoms with Gasteiger partial charge in [0.2, 0.25) is 10.0 Å². The first-order valence-corrected chi connectivity index (χ1v) is 17.0. The van der Waals surface area contributed by atoms with Crippen LogP contribution in [-0.2, 0) is 27.8 Å². The van der Waals surface area contributed by atoms with E-state index in [0.29, 0.717) is 42.7 Å². The molecule has 0 aliphatic heterocycles. The van der Waals surface area contributed by atoms with Crippen LogP contribution in [0.3, 0.4) is 0 Å². The summed E-state index contributed by atoms with van der Waals surface area (Å²) in [6.45, 7) is 2.36. The lowest BCUT2D eigenvalue weighted by Crippen LogP contribution is -2.41. The number of nitrogens with one attached hydrogen (secondary N) is 1. The molecule has 2 N–H and O–H groups in total. The maximum absolute atomic E-state index is 13.4. The third-order valence-corrected chi connectivity index (χ3v) is 9.57. The van der Waals surface area contributed by atoms with Gasteiger partial charge in [0.1, 0.15) is 6.04 Å². The molecule has 0 saturated carbocycles. The molecule has 0 bridgehead atoms. The topological polar surface area (TPSA) is 104 Å². The number of nitrogens with zero attached hydrogens (tertiary/aromatic N) is 1. The van der Waals surface area contributed by atoms with Crippen molar-refractivity contribution >= 4 is 45.3 Å². The van der Waals surface area contributed by atoms with Crippen LogP contribution in [0.1, 0.15) is 39.9 Å². The van der Waals surface area contributed by atoms with Crippen LogP contribution in [-0.4, -0.2) is 65.9 Å². The van der Waals surface area contributed by atoms with Gasteiger partial charge in [0.05, 0.1) is 5.75 Å². The number of rotatable bonds is 16. The Morgan fingerprint density at radius 2 is 1.71 bits per heavy atom. The molecule has 3 aromatic rings. The number of carbonyl (C=O) groups is 2. The molecule has 1 amide bonds. The number of halogens is 1. The SMILES string of the molecule is CSCCC(NC(=O)c1ccc(CN(CCc2ccccc2)S(=O)(=O)CCCCl)cc1-c1ccccc1C)C(=O)O. The summed E-state index contributed by atoms with van der Waals surface area (Å²) >= 11 is 7.33. The van der Waals surface area contributed by atoms with Crippen molar-refractivity contribution < 1.29 is 23.1 Å². The Bertz CT molecular complexity index is 1420. The average molecular weight is 617 g/mol. The van der Waals surface area contributed by atoms with Crippen molar-refractivity contribution in [1.29, 1.82) is 0 Å². The van der Waals surface area contributed by atoms with Gasteiger partial charge >= 0.3 is 5.97 Å². The van der Waals surface area contributed by atoms with Crippen LogP contribution in [0.4, 0.5) is 0 Å². The van der Waals surface area contributed by atoms with Crippen molar-refractivity contribution in [1.82, 2.24) is 9.62 Å². The number of benzene rings is 3. The molecule has 0 aliphatic carbocycles. The molecular formula is C31H37ClN2O5S2. The standard InChI is InChI=1S/C31H37ClN2O5S2/c1-23-9-6-7-12-26(23)28-21-25(13-14-27(28)30(35)33-29(31(36)37)16-19-40-2)22-34(41(38,39)20-8-17-32)18-15-24-10-4-3-5-11-24/h3-7,9-14,21,29H,8,15-20,22H2,1-2H3,(H,33,35)(H,36,37). The number of aliphatic carboxylic acids is 1. The second-order valence-corrected chi connectivity index (χ2v) is 13.2. The van der Waals surface area contributed by atoms with Crippen LogP contribution >= 0.6 is 23.4 Å². The molecule has 0 fully saturated rings. The normalized spacial score (nSPS) is 12.3. The molecule has 0 aliphatic rings. The summed E-state index contributed by atoms with van der Waals surface area (Å²) in [5.41, 5.74) is 4.46. The molecule has 3 aromatic carbocycles. The van der Waals surface area contributed by atoms with E-state index in [1.54, 1.807) is 12.1 Å². The van der Waals surface area contributed by atoms with E-state index in [4.69, 9.17) is 11.6 Å². The second kappa shape index (κ2) is 16.0. The summed E-state index contributed by atoms with van der Waals surface area (Å²) in [4.78, 5) is 25.2. The van der Waals surface area contributed by atoms with Gasteiger partial charge in [-0.1, -0.05) is 60.7 Å². The molecule has 220 valence electrons. The highest BCUT2D eigenvalue weighted by Crippen LogP contribution is 2.29. The molecule has 3 rings (SSSR count). The zero-order valence-corrected chi connectivity index (χ0v) is 25.8. The molecule has 1 atom stereocenters. The summed E-state index contributed by atoms with van der Waals surface area (Å²) in [6, 6.07) is 21.5. The summed E-state index contributed by atoms with van der Waals surface area (Å²) in [7, 11) is -3.60. The monoisotopic (exact) mass is 616 g/mol. The van der Waals surface area contributed by atoms with Gasteiger partial charge in [-0.05, 0) is 78.1 Å². The van der Waals surface area contributed by atoms with E-state index in [0.717, 1.165) is 22.3 Å². The van der Waals surface area contributed by atoms with Gasteiger partial charge in [0.15, 0.2) is 0 Å². The summed E-state index contributed by atoms with van der Waals surface area (Å²) in [5.74, 6) is -0.779. The van der Waals surface area contributed by atoms with E-state index >= 15 is 0 Å². The van der Waals surface area contributed by atoms with Gasteiger partial charge in [-0.15, -0.1) is 11.6 Å².